The molecule has 5 heteroatoms. The third-order valence-corrected chi connectivity index (χ3v) is 1.69. The van der Waals surface area contributed by atoms with Crippen LogP contribution in [-0.2, 0) is 4.12 Å². The Balaban J connectivity index is 4.02. The van der Waals surface area contributed by atoms with E-state index < -0.39 is 31.7 Å². The standard InChI is InChI=1S/C2H10O3Si2/c3-1-6-5-7-2-4/h3-4H,1-2,6-7H2/i6T2,7T2. The monoisotopic (exact) mass is 146 g/mol. The van der Waals surface area contributed by atoms with Gasteiger partial charge >= 0.3 is 0 Å². The second kappa shape index (κ2) is 6.31. The summed E-state index contributed by atoms with van der Waals surface area (Å²) < 4.78 is 32.2. The molecule has 0 saturated heterocycles. The lowest BCUT2D eigenvalue weighted by Gasteiger charge is -1.93. The van der Waals surface area contributed by atoms with Gasteiger partial charge < -0.3 is 14.3 Å². The van der Waals surface area contributed by atoms with E-state index in [-0.39, 0.29) is 0 Å². The van der Waals surface area contributed by atoms with Gasteiger partial charge in [0, 0.05) is 4.94 Å². The summed E-state index contributed by atoms with van der Waals surface area (Å²) in [6, 6.07) is 0. The molecule has 2 N–H and O–H groups in total. The van der Waals surface area contributed by atoms with Crippen molar-refractivity contribution < 1.29 is 14.3 Å². The summed E-state index contributed by atoms with van der Waals surface area (Å²) in [5.41, 5.74) is 0. The molecule has 0 aromatic carbocycles. The predicted molar refractivity (Wildman–Crippen MR) is 32.3 cm³/mol. The van der Waals surface area contributed by atoms with Crippen LogP contribution in [0.3, 0.4) is 0 Å². The van der Waals surface area contributed by atoms with Crippen LogP contribution in [0, 0.1) is 0 Å². The van der Waals surface area contributed by atoms with Gasteiger partial charge in [0.15, 0.2) is 19.3 Å². The number of rotatable bonds is 4. The van der Waals surface area contributed by atoms with E-state index in [0.717, 1.165) is 0 Å². The quantitative estimate of drug-likeness (QED) is 0.418. The number of aliphatic hydroxyl groups excluding tert-OH is 2. The molecule has 0 bridgehead atoms. The Kier molecular flexibility index (Phi) is 2.47. The number of hydrogen-bond acceptors (Lipinski definition) is 3. The molecule has 0 amide bonds. The van der Waals surface area contributed by atoms with Gasteiger partial charge in [0.25, 0.3) is 0 Å². The van der Waals surface area contributed by atoms with Crippen LogP contribution in [0.5, 0.6) is 0 Å². The Morgan fingerprint density at radius 2 is 1.86 bits per heavy atom. The molecule has 0 saturated carbocycles. The highest BCUT2D eigenvalue weighted by molar-refractivity contribution is 6.42. The molecule has 0 heterocycles. The van der Waals surface area contributed by atoms with Crippen LogP contribution in [0.4, 0.5) is 0 Å². The topological polar surface area (TPSA) is 49.7 Å². The predicted octanol–water partition coefficient (Wildman–Crippen LogP) is -2.93. The molecule has 0 aromatic rings. The van der Waals surface area contributed by atoms with E-state index in [1.807, 2.05) is 0 Å². The van der Waals surface area contributed by atoms with E-state index in [0.29, 0.717) is 0 Å². The fraction of sp³-hybridized carbons (Fsp3) is 1.00. The summed E-state index contributed by atoms with van der Waals surface area (Å²) in [6.07, 6.45) is -1.56. The van der Waals surface area contributed by atoms with Gasteiger partial charge in [0.2, 0.25) is 0 Å². The molecule has 0 aromatic heterocycles. The maximum absolute atomic E-state index is 8.39. The zero-order valence-corrected chi connectivity index (χ0v) is 5.72. The molecular weight excluding hydrogens is 128 g/mol. The normalized spacial score (nSPS) is 22.0. The van der Waals surface area contributed by atoms with Gasteiger partial charge in [-0.15, -0.1) is 0 Å². The second-order valence-corrected chi connectivity index (χ2v) is 2.73. The van der Waals surface area contributed by atoms with Crippen molar-refractivity contribution in [2.45, 2.75) is 0 Å². The van der Waals surface area contributed by atoms with Crippen molar-refractivity contribution in [3.05, 3.63) is 0 Å². The van der Waals surface area contributed by atoms with Gasteiger partial charge in [0.05, 0.1) is 12.5 Å². The van der Waals surface area contributed by atoms with E-state index in [9.17, 15) is 0 Å². The maximum atomic E-state index is 8.39. The first-order valence-electron chi connectivity index (χ1n) is 3.75. The molecule has 0 unspecified atom stereocenters. The van der Waals surface area contributed by atoms with Crippen molar-refractivity contribution in [2.24, 2.45) is 0 Å². The van der Waals surface area contributed by atoms with E-state index in [1.54, 1.807) is 0 Å². The highest BCUT2D eigenvalue weighted by Gasteiger charge is 1.82. The number of hydrogen-bond donors (Lipinski definition) is 2. The van der Waals surface area contributed by atoms with Gasteiger partial charge in [-0.1, -0.05) is 0 Å². The van der Waals surface area contributed by atoms with Crippen LogP contribution < -0.4 is 0 Å². The minimum atomic E-state index is -3.75. The minimum Gasteiger partial charge on any atom is -0.462 e. The Morgan fingerprint density at radius 1 is 1.43 bits per heavy atom. The Bertz CT molecular complexity index is 117. The molecule has 0 atom stereocenters. The van der Waals surface area contributed by atoms with Gasteiger partial charge in [0.1, 0.15) is 0 Å². The van der Waals surface area contributed by atoms with Crippen LogP contribution in [-0.4, -0.2) is 46.9 Å². The number of aliphatic hydroxyl groups is 2. The van der Waals surface area contributed by atoms with Crippen LogP contribution in [0.25, 0.3) is 0 Å². The van der Waals surface area contributed by atoms with E-state index in [1.165, 1.54) is 0 Å². The second-order valence-electron chi connectivity index (χ2n) is 0.707. The summed E-state index contributed by atoms with van der Waals surface area (Å²) in [4.78, 5) is 0. The minimum absolute atomic E-state index is 0.778. The van der Waals surface area contributed by atoms with Crippen molar-refractivity contribution in [3.63, 3.8) is 0 Å². The summed E-state index contributed by atoms with van der Waals surface area (Å²) in [5.74, 6) is 0. The summed E-state index contributed by atoms with van der Waals surface area (Å²) in [5, 5.41) is 16.8. The van der Waals surface area contributed by atoms with Crippen LogP contribution in [0.2, 0.25) is 0 Å². The third-order valence-electron chi connectivity index (χ3n) is 0.273. The van der Waals surface area contributed by atoms with Crippen LogP contribution >= 0.6 is 0 Å². The van der Waals surface area contributed by atoms with Crippen molar-refractivity contribution in [3.8, 4) is 0 Å². The Hall–Kier alpha value is 0.314. The van der Waals surface area contributed by atoms with Crippen molar-refractivity contribution in [1.82, 2.24) is 0 Å². The lowest BCUT2D eigenvalue weighted by atomic mass is 11.7. The van der Waals surface area contributed by atoms with Gasteiger partial charge in [-0.05, 0) is 0 Å². The summed E-state index contributed by atoms with van der Waals surface area (Å²) >= 11 is 0. The SMILES string of the molecule is [3H][Si]([3H])(CO)O[Si]([3H])([3H])CO. The zero-order chi connectivity index (χ0) is 9.12. The first-order chi connectivity index (χ1) is 4.83. The lowest BCUT2D eigenvalue weighted by molar-refractivity contribution is 0.337. The lowest BCUT2D eigenvalue weighted by Crippen LogP contribution is -2.10. The molecule has 3 nitrogen and oxygen atoms in total. The summed E-state index contributed by atoms with van der Waals surface area (Å²) in [7, 11) is -7.50. The molecule has 44 valence electrons. The Labute approximate surface area is 52.1 Å². The van der Waals surface area contributed by atoms with E-state index >= 15 is 0 Å². The molecular formula is C2H10O3Si2. The average Bonchev–Trinajstić information content (AvgIpc) is 1.86. The molecule has 0 aliphatic heterocycles. The third kappa shape index (κ3) is 6.31. The van der Waals surface area contributed by atoms with Crippen LogP contribution in [0.15, 0.2) is 0 Å². The molecule has 0 aliphatic rings. The largest absolute Gasteiger partial charge is 0.462 e. The van der Waals surface area contributed by atoms with Gasteiger partial charge in [-0.2, -0.15) is 0 Å². The molecule has 0 spiro atoms. The van der Waals surface area contributed by atoms with Gasteiger partial charge in [-0.25, -0.2) is 0 Å². The van der Waals surface area contributed by atoms with Gasteiger partial charge in [-0.3, -0.25) is 0 Å². The average molecular weight is 146 g/mol. The molecule has 0 radical (unpaired) electrons. The highest BCUT2D eigenvalue weighted by Crippen LogP contribution is 1.60. The first kappa shape index (κ1) is 2.74. The summed E-state index contributed by atoms with van der Waals surface area (Å²) in [6.45, 7) is 0. The van der Waals surface area contributed by atoms with Crippen molar-refractivity contribution in [2.75, 3.05) is 12.5 Å². The van der Waals surface area contributed by atoms with Crippen molar-refractivity contribution >= 4 is 19.3 Å². The molecule has 7 heavy (non-hydrogen) atoms. The molecule has 0 aliphatic carbocycles. The van der Waals surface area contributed by atoms with E-state index in [2.05, 4.69) is 4.12 Å². The first-order valence-corrected chi connectivity index (χ1v) is 3.98. The smallest absolute Gasteiger partial charge is 0.171 e. The zero-order valence-electron chi connectivity index (χ0n) is 7.72. The fourth-order valence-electron chi connectivity index (χ4n) is 0.116. The van der Waals surface area contributed by atoms with Crippen molar-refractivity contribution in [1.29, 1.82) is 4.94 Å². The molecule has 0 rings (SSSR count). The fourth-order valence-corrected chi connectivity index (χ4v) is 1.04. The Morgan fingerprint density at radius 3 is 2.14 bits per heavy atom. The molecule has 0 fully saturated rings. The van der Waals surface area contributed by atoms with E-state index in [4.69, 9.17) is 15.2 Å². The highest BCUT2D eigenvalue weighted by atomic mass is 28.3. The maximum Gasteiger partial charge on any atom is 0.171 e. The van der Waals surface area contributed by atoms with Crippen LogP contribution in [0.1, 0.15) is 0 Å².